The molecule has 0 unspecified atom stereocenters. The first-order chi connectivity index (χ1) is 9.58. The van der Waals surface area contributed by atoms with Gasteiger partial charge in [0.1, 0.15) is 6.61 Å². The van der Waals surface area contributed by atoms with Crippen molar-refractivity contribution in [3.8, 4) is 0 Å². The van der Waals surface area contributed by atoms with Crippen molar-refractivity contribution in [2.24, 2.45) is 0 Å². The number of carboxylic acids is 1. The van der Waals surface area contributed by atoms with Gasteiger partial charge in [-0.05, 0) is 12.5 Å². The molecule has 0 spiro atoms. The third kappa shape index (κ3) is 3.48. The van der Waals surface area contributed by atoms with Crippen LogP contribution in [0.1, 0.15) is 12.5 Å². The van der Waals surface area contributed by atoms with Gasteiger partial charge in [0.2, 0.25) is 0 Å². The molecule has 2 rings (SSSR count). The number of carboxylic acid groups (broad SMARTS) is 1. The minimum Gasteiger partial charge on any atom is -0.480 e. The molecular formula is C14H17NO5. The summed E-state index contributed by atoms with van der Waals surface area (Å²) in [6.07, 6.45) is -0.828. The summed E-state index contributed by atoms with van der Waals surface area (Å²) in [5.41, 5.74) is 0.856. The number of nitrogens with zero attached hydrogens (tertiary/aromatic N) is 1. The summed E-state index contributed by atoms with van der Waals surface area (Å²) in [6.45, 7) is 2.11. The van der Waals surface area contributed by atoms with Crippen LogP contribution in [0, 0.1) is 0 Å². The predicted molar refractivity (Wildman–Crippen MR) is 70.2 cm³/mol. The van der Waals surface area contributed by atoms with Gasteiger partial charge in [-0.3, -0.25) is 4.90 Å². The molecule has 0 aromatic heterocycles. The number of carbonyl (C=O) groups is 2. The van der Waals surface area contributed by atoms with Gasteiger partial charge < -0.3 is 14.6 Å². The zero-order valence-corrected chi connectivity index (χ0v) is 11.2. The maximum absolute atomic E-state index is 12.0. The Labute approximate surface area is 116 Å². The van der Waals surface area contributed by atoms with Crippen LogP contribution in [0.2, 0.25) is 0 Å². The Balaban J connectivity index is 1.97. The summed E-state index contributed by atoms with van der Waals surface area (Å²) < 4.78 is 10.4. The van der Waals surface area contributed by atoms with E-state index in [4.69, 9.17) is 14.6 Å². The van der Waals surface area contributed by atoms with Crippen molar-refractivity contribution in [1.29, 1.82) is 0 Å². The fourth-order valence-electron chi connectivity index (χ4n) is 2.01. The van der Waals surface area contributed by atoms with Crippen molar-refractivity contribution in [2.45, 2.75) is 25.7 Å². The molecule has 2 atom stereocenters. The number of ether oxygens (including phenoxy) is 2. The van der Waals surface area contributed by atoms with Gasteiger partial charge in [0, 0.05) is 0 Å². The molecule has 1 heterocycles. The second kappa shape index (κ2) is 6.38. The Hall–Kier alpha value is -2.08. The third-order valence-corrected chi connectivity index (χ3v) is 3.09. The fourth-order valence-corrected chi connectivity index (χ4v) is 2.01. The monoisotopic (exact) mass is 279 g/mol. The quantitative estimate of drug-likeness (QED) is 0.907. The first kappa shape index (κ1) is 14.3. The number of rotatable bonds is 3. The molecule has 0 saturated carbocycles. The van der Waals surface area contributed by atoms with Gasteiger partial charge in [-0.25, -0.2) is 9.59 Å². The summed E-state index contributed by atoms with van der Waals surface area (Å²) >= 11 is 0. The molecule has 1 saturated heterocycles. The van der Waals surface area contributed by atoms with Gasteiger partial charge in [-0.15, -0.1) is 0 Å². The molecule has 20 heavy (non-hydrogen) atoms. The highest BCUT2D eigenvalue weighted by molar-refractivity contribution is 5.80. The SMILES string of the molecule is C[C@@H]1CN(C(=O)OCc2ccccc2)[C@H](C(=O)O)CO1. The van der Waals surface area contributed by atoms with E-state index in [9.17, 15) is 9.59 Å². The normalized spacial score (nSPS) is 22.4. The summed E-state index contributed by atoms with van der Waals surface area (Å²) in [7, 11) is 0. The Bertz CT molecular complexity index is 476. The first-order valence-electron chi connectivity index (χ1n) is 6.39. The first-order valence-corrected chi connectivity index (χ1v) is 6.39. The molecule has 6 heteroatoms. The lowest BCUT2D eigenvalue weighted by Crippen LogP contribution is -2.55. The smallest absolute Gasteiger partial charge is 0.411 e. The van der Waals surface area contributed by atoms with E-state index >= 15 is 0 Å². The van der Waals surface area contributed by atoms with Crippen LogP contribution in [0.4, 0.5) is 4.79 Å². The maximum atomic E-state index is 12.0. The lowest BCUT2D eigenvalue weighted by molar-refractivity contribution is -0.151. The van der Waals surface area contributed by atoms with Crippen molar-refractivity contribution in [3.63, 3.8) is 0 Å². The molecule has 1 N–H and O–H groups in total. The van der Waals surface area contributed by atoms with Crippen LogP contribution in [-0.2, 0) is 20.9 Å². The van der Waals surface area contributed by atoms with Crippen LogP contribution >= 0.6 is 0 Å². The minimum absolute atomic E-state index is 0.0169. The van der Waals surface area contributed by atoms with Gasteiger partial charge >= 0.3 is 12.1 Å². The van der Waals surface area contributed by atoms with Crippen molar-refractivity contribution in [1.82, 2.24) is 4.90 Å². The molecule has 0 bridgehead atoms. The molecule has 1 aliphatic heterocycles. The number of aliphatic carboxylic acids is 1. The molecule has 0 radical (unpaired) electrons. The third-order valence-electron chi connectivity index (χ3n) is 3.09. The van der Waals surface area contributed by atoms with Gasteiger partial charge in [0.15, 0.2) is 6.04 Å². The number of amides is 1. The number of hydrogen-bond acceptors (Lipinski definition) is 4. The number of morpholine rings is 1. The Morgan fingerprint density at radius 1 is 1.40 bits per heavy atom. The zero-order valence-electron chi connectivity index (χ0n) is 11.2. The topological polar surface area (TPSA) is 76.1 Å². The van der Waals surface area contributed by atoms with Crippen LogP contribution in [0.25, 0.3) is 0 Å². The van der Waals surface area contributed by atoms with Crippen LogP contribution in [0.3, 0.4) is 0 Å². The lowest BCUT2D eigenvalue weighted by atomic mass is 10.2. The molecule has 1 aromatic rings. The number of carbonyl (C=O) groups excluding carboxylic acids is 1. The molecule has 1 amide bonds. The van der Waals surface area contributed by atoms with Crippen molar-refractivity contribution >= 4 is 12.1 Å². The second-order valence-electron chi connectivity index (χ2n) is 4.69. The van der Waals surface area contributed by atoms with Crippen molar-refractivity contribution in [2.75, 3.05) is 13.2 Å². The van der Waals surface area contributed by atoms with Crippen LogP contribution in [0.5, 0.6) is 0 Å². The van der Waals surface area contributed by atoms with E-state index in [-0.39, 0.29) is 25.9 Å². The van der Waals surface area contributed by atoms with E-state index in [0.717, 1.165) is 5.56 Å². The van der Waals surface area contributed by atoms with E-state index in [0.29, 0.717) is 0 Å². The Kier molecular flexibility index (Phi) is 4.57. The Morgan fingerprint density at radius 2 is 2.10 bits per heavy atom. The highest BCUT2D eigenvalue weighted by Gasteiger charge is 2.36. The van der Waals surface area contributed by atoms with Crippen LogP contribution < -0.4 is 0 Å². The average Bonchev–Trinajstić information content (AvgIpc) is 2.45. The van der Waals surface area contributed by atoms with Crippen molar-refractivity contribution < 1.29 is 24.2 Å². The number of benzene rings is 1. The summed E-state index contributed by atoms with van der Waals surface area (Å²) in [5, 5.41) is 9.10. The van der Waals surface area contributed by atoms with E-state index in [2.05, 4.69) is 0 Å². The summed E-state index contributed by atoms with van der Waals surface area (Å²) in [5.74, 6) is -1.09. The van der Waals surface area contributed by atoms with E-state index in [1.165, 1.54) is 4.90 Å². The van der Waals surface area contributed by atoms with E-state index < -0.39 is 18.1 Å². The van der Waals surface area contributed by atoms with Gasteiger partial charge in [0.25, 0.3) is 0 Å². The Morgan fingerprint density at radius 3 is 2.75 bits per heavy atom. The van der Waals surface area contributed by atoms with Gasteiger partial charge in [0.05, 0.1) is 19.3 Å². The lowest BCUT2D eigenvalue weighted by Gasteiger charge is -2.35. The predicted octanol–water partition coefficient (Wildman–Crippen LogP) is 1.50. The molecule has 0 aliphatic carbocycles. The van der Waals surface area contributed by atoms with Crippen LogP contribution in [0.15, 0.2) is 30.3 Å². The molecule has 1 aliphatic rings. The molecular weight excluding hydrogens is 262 g/mol. The highest BCUT2D eigenvalue weighted by Crippen LogP contribution is 2.14. The van der Waals surface area contributed by atoms with E-state index in [1.807, 2.05) is 30.3 Å². The molecule has 1 fully saturated rings. The number of hydrogen-bond donors (Lipinski definition) is 1. The largest absolute Gasteiger partial charge is 0.480 e. The minimum atomic E-state index is -1.09. The summed E-state index contributed by atoms with van der Waals surface area (Å²) in [6, 6.07) is 8.25. The zero-order chi connectivity index (χ0) is 14.5. The summed E-state index contributed by atoms with van der Waals surface area (Å²) in [4.78, 5) is 24.3. The van der Waals surface area contributed by atoms with Gasteiger partial charge in [-0.1, -0.05) is 30.3 Å². The molecule has 108 valence electrons. The average molecular weight is 279 g/mol. The second-order valence-corrected chi connectivity index (χ2v) is 4.69. The highest BCUT2D eigenvalue weighted by atomic mass is 16.6. The van der Waals surface area contributed by atoms with E-state index in [1.54, 1.807) is 6.92 Å². The van der Waals surface area contributed by atoms with Crippen molar-refractivity contribution in [3.05, 3.63) is 35.9 Å². The maximum Gasteiger partial charge on any atom is 0.411 e. The molecule has 1 aromatic carbocycles. The molecule has 6 nitrogen and oxygen atoms in total. The van der Waals surface area contributed by atoms with Gasteiger partial charge in [-0.2, -0.15) is 0 Å². The standard InChI is InChI=1S/C14H17NO5/c1-10-7-15(12(9-19-10)13(16)17)14(18)20-8-11-5-3-2-4-6-11/h2-6,10,12H,7-9H2,1H3,(H,16,17)/t10-,12+/m1/s1. The fraction of sp³-hybridized carbons (Fsp3) is 0.429. The van der Waals surface area contributed by atoms with Crippen LogP contribution in [-0.4, -0.2) is 47.4 Å².